The first-order valence-corrected chi connectivity index (χ1v) is 10.6. The molecule has 0 spiro atoms. The Labute approximate surface area is 165 Å². The first-order chi connectivity index (χ1) is 12.8. The molecule has 8 heteroatoms. The molecule has 0 radical (unpaired) electrons. The fourth-order valence-electron chi connectivity index (χ4n) is 2.48. The van der Waals surface area contributed by atoms with Crippen molar-refractivity contribution in [1.29, 1.82) is 0 Å². The smallest absolute Gasteiger partial charge is 0.251 e. The van der Waals surface area contributed by atoms with Gasteiger partial charge in [-0.1, -0.05) is 29.8 Å². The van der Waals surface area contributed by atoms with E-state index in [0.717, 1.165) is 12.7 Å². The maximum absolute atomic E-state index is 12.3. The molecule has 0 heterocycles. The fraction of sp³-hybridized carbons (Fsp3) is 0.316. The SMILES string of the molecule is COCCCNC(=O)c1ccc(N(Cc2ccccc2Cl)S(C)(=O)=O)cc1. The number of nitrogens with zero attached hydrogens (tertiary/aromatic N) is 1. The summed E-state index contributed by atoms with van der Waals surface area (Å²) in [6.07, 6.45) is 1.86. The monoisotopic (exact) mass is 410 g/mol. The van der Waals surface area contributed by atoms with E-state index in [1.54, 1.807) is 55.6 Å². The molecule has 1 amide bonds. The van der Waals surface area contributed by atoms with Crippen molar-refractivity contribution in [2.24, 2.45) is 0 Å². The van der Waals surface area contributed by atoms with E-state index in [0.29, 0.717) is 35.0 Å². The number of carbonyl (C=O) groups is 1. The summed E-state index contributed by atoms with van der Waals surface area (Å²) in [5, 5.41) is 3.29. The molecule has 0 bridgehead atoms. The van der Waals surface area contributed by atoms with Crippen molar-refractivity contribution in [2.75, 3.05) is 30.8 Å². The number of carbonyl (C=O) groups excluding carboxylic acids is 1. The van der Waals surface area contributed by atoms with Gasteiger partial charge >= 0.3 is 0 Å². The van der Waals surface area contributed by atoms with Crippen LogP contribution in [0.2, 0.25) is 5.02 Å². The van der Waals surface area contributed by atoms with Gasteiger partial charge in [0.25, 0.3) is 5.91 Å². The molecule has 0 fully saturated rings. The third-order valence-corrected chi connectivity index (χ3v) is 5.41. The topological polar surface area (TPSA) is 75.7 Å². The minimum absolute atomic E-state index is 0.112. The molecule has 1 N–H and O–H groups in total. The molecule has 2 aromatic rings. The number of halogens is 1. The van der Waals surface area contributed by atoms with Crippen LogP contribution in [0.3, 0.4) is 0 Å². The van der Waals surface area contributed by atoms with E-state index in [1.807, 2.05) is 0 Å². The lowest BCUT2D eigenvalue weighted by Crippen LogP contribution is -2.29. The second-order valence-corrected chi connectivity index (χ2v) is 8.32. The summed E-state index contributed by atoms with van der Waals surface area (Å²) in [6.45, 7) is 1.20. The zero-order chi connectivity index (χ0) is 19.9. The molecule has 0 saturated heterocycles. The molecule has 0 aliphatic heterocycles. The zero-order valence-corrected chi connectivity index (χ0v) is 16.9. The van der Waals surface area contributed by atoms with Crippen molar-refractivity contribution in [3.8, 4) is 0 Å². The normalized spacial score (nSPS) is 11.2. The van der Waals surface area contributed by atoms with Crippen LogP contribution in [0.4, 0.5) is 5.69 Å². The lowest BCUT2D eigenvalue weighted by atomic mass is 10.1. The van der Waals surface area contributed by atoms with Crippen molar-refractivity contribution < 1.29 is 17.9 Å². The summed E-state index contributed by atoms with van der Waals surface area (Å²) in [4.78, 5) is 12.1. The van der Waals surface area contributed by atoms with Gasteiger partial charge in [-0.25, -0.2) is 8.42 Å². The van der Waals surface area contributed by atoms with Gasteiger partial charge in [0, 0.05) is 30.8 Å². The number of ether oxygens (including phenoxy) is 1. The Bertz CT molecular complexity index is 870. The Hall–Kier alpha value is -2.09. The van der Waals surface area contributed by atoms with Gasteiger partial charge in [0.2, 0.25) is 10.0 Å². The van der Waals surface area contributed by atoms with Gasteiger partial charge in [0.1, 0.15) is 0 Å². The van der Waals surface area contributed by atoms with Crippen LogP contribution in [0.1, 0.15) is 22.3 Å². The Balaban J connectivity index is 2.15. The van der Waals surface area contributed by atoms with E-state index in [1.165, 1.54) is 4.31 Å². The molecule has 2 aromatic carbocycles. The second-order valence-electron chi connectivity index (χ2n) is 6.01. The summed E-state index contributed by atoms with van der Waals surface area (Å²) in [7, 11) is -1.92. The van der Waals surface area contributed by atoms with E-state index in [9.17, 15) is 13.2 Å². The number of methoxy groups -OCH3 is 1. The summed E-state index contributed by atoms with van der Waals surface area (Å²) < 4.78 is 30.7. The molecule has 146 valence electrons. The molecule has 2 rings (SSSR count). The zero-order valence-electron chi connectivity index (χ0n) is 15.3. The van der Waals surface area contributed by atoms with Gasteiger partial charge in [-0.2, -0.15) is 0 Å². The maximum atomic E-state index is 12.3. The standard InChI is InChI=1S/C19H23ClN2O4S/c1-26-13-5-12-21-19(23)15-8-10-17(11-9-15)22(27(2,24)25)14-16-6-3-4-7-18(16)20/h3-4,6-11H,5,12-14H2,1-2H3,(H,21,23). The van der Waals surface area contributed by atoms with Crippen LogP contribution in [0.15, 0.2) is 48.5 Å². The number of benzene rings is 2. The number of hydrogen-bond donors (Lipinski definition) is 1. The van der Waals surface area contributed by atoms with Gasteiger partial charge in [-0.05, 0) is 42.3 Å². The minimum Gasteiger partial charge on any atom is -0.385 e. The van der Waals surface area contributed by atoms with Crippen LogP contribution in [0, 0.1) is 0 Å². The fourth-order valence-corrected chi connectivity index (χ4v) is 3.55. The number of amides is 1. The van der Waals surface area contributed by atoms with Crippen molar-refractivity contribution in [3.63, 3.8) is 0 Å². The summed E-state index contributed by atoms with van der Waals surface area (Å²) >= 11 is 6.16. The van der Waals surface area contributed by atoms with Crippen LogP contribution < -0.4 is 9.62 Å². The second kappa shape index (κ2) is 9.73. The number of anilines is 1. The highest BCUT2D eigenvalue weighted by molar-refractivity contribution is 7.92. The lowest BCUT2D eigenvalue weighted by Gasteiger charge is -2.23. The third-order valence-electron chi connectivity index (χ3n) is 3.90. The molecule has 0 aromatic heterocycles. The number of hydrogen-bond acceptors (Lipinski definition) is 4. The molecule has 6 nitrogen and oxygen atoms in total. The quantitative estimate of drug-likeness (QED) is 0.644. The molecule has 0 atom stereocenters. The molecule has 0 aliphatic carbocycles. The number of sulfonamides is 1. The van der Waals surface area contributed by atoms with E-state index >= 15 is 0 Å². The van der Waals surface area contributed by atoms with Crippen LogP contribution in [0.25, 0.3) is 0 Å². The third kappa shape index (κ3) is 6.23. The van der Waals surface area contributed by atoms with Gasteiger partial charge in [0.15, 0.2) is 0 Å². The van der Waals surface area contributed by atoms with Gasteiger partial charge < -0.3 is 10.1 Å². The first-order valence-electron chi connectivity index (χ1n) is 8.41. The van der Waals surface area contributed by atoms with E-state index in [4.69, 9.17) is 16.3 Å². The first kappa shape index (κ1) is 21.2. The molecule has 0 saturated carbocycles. The van der Waals surface area contributed by atoms with Gasteiger partial charge in [-0.15, -0.1) is 0 Å². The minimum atomic E-state index is -3.53. The van der Waals surface area contributed by atoms with Gasteiger partial charge in [-0.3, -0.25) is 9.10 Å². The highest BCUT2D eigenvalue weighted by atomic mass is 35.5. The number of nitrogens with one attached hydrogen (secondary N) is 1. The Morgan fingerprint density at radius 2 is 1.81 bits per heavy atom. The summed E-state index contributed by atoms with van der Waals surface area (Å²) in [6, 6.07) is 13.5. The van der Waals surface area contributed by atoms with Crippen molar-refractivity contribution in [1.82, 2.24) is 5.32 Å². The van der Waals surface area contributed by atoms with E-state index in [2.05, 4.69) is 5.32 Å². The van der Waals surface area contributed by atoms with Crippen LogP contribution in [-0.2, 0) is 21.3 Å². The van der Waals surface area contributed by atoms with Gasteiger partial charge in [0.05, 0.1) is 18.5 Å². The molecule has 27 heavy (non-hydrogen) atoms. The predicted molar refractivity (Wildman–Crippen MR) is 108 cm³/mol. The average Bonchev–Trinajstić information content (AvgIpc) is 2.63. The Morgan fingerprint density at radius 1 is 1.15 bits per heavy atom. The maximum Gasteiger partial charge on any atom is 0.251 e. The highest BCUT2D eigenvalue weighted by Crippen LogP contribution is 2.24. The summed E-state index contributed by atoms with van der Waals surface area (Å²) in [5.41, 5.74) is 1.63. The molecule has 0 aliphatic rings. The highest BCUT2D eigenvalue weighted by Gasteiger charge is 2.19. The lowest BCUT2D eigenvalue weighted by molar-refractivity contribution is 0.0948. The van der Waals surface area contributed by atoms with E-state index < -0.39 is 10.0 Å². The van der Waals surface area contributed by atoms with Crippen LogP contribution in [0.5, 0.6) is 0 Å². The molecular weight excluding hydrogens is 388 g/mol. The van der Waals surface area contributed by atoms with Crippen molar-refractivity contribution >= 4 is 33.2 Å². The van der Waals surface area contributed by atoms with Crippen LogP contribution >= 0.6 is 11.6 Å². The van der Waals surface area contributed by atoms with E-state index in [-0.39, 0.29) is 12.5 Å². The van der Waals surface area contributed by atoms with Crippen molar-refractivity contribution in [3.05, 3.63) is 64.7 Å². The largest absolute Gasteiger partial charge is 0.385 e. The Morgan fingerprint density at radius 3 is 2.41 bits per heavy atom. The number of rotatable bonds is 9. The van der Waals surface area contributed by atoms with Crippen molar-refractivity contribution in [2.45, 2.75) is 13.0 Å². The molecule has 0 unspecified atom stereocenters. The Kier molecular flexibility index (Phi) is 7.65. The van der Waals surface area contributed by atoms with Crippen LogP contribution in [-0.4, -0.2) is 40.8 Å². The predicted octanol–water partition coefficient (Wildman–Crippen LogP) is 3.07. The summed E-state index contributed by atoms with van der Waals surface area (Å²) in [5.74, 6) is -0.213. The molecular formula is C19H23ClN2O4S. The average molecular weight is 411 g/mol.